The first kappa shape index (κ1) is 25.4. The van der Waals surface area contributed by atoms with E-state index in [-0.39, 0.29) is 23.6 Å². The molecule has 0 saturated carbocycles. The summed E-state index contributed by atoms with van der Waals surface area (Å²) in [5, 5.41) is 4.95. The molecule has 1 heterocycles. The molecule has 2 aromatic rings. The van der Waals surface area contributed by atoms with Crippen LogP contribution < -0.4 is 20.1 Å². The van der Waals surface area contributed by atoms with Crippen LogP contribution in [0, 0.1) is 0 Å². The van der Waals surface area contributed by atoms with Crippen molar-refractivity contribution < 1.29 is 33.4 Å². The molecule has 0 bridgehead atoms. The second-order valence-corrected chi connectivity index (χ2v) is 8.56. The number of para-hydroxylation sites is 2. The van der Waals surface area contributed by atoms with Crippen molar-refractivity contribution in [1.29, 1.82) is 0 Å². The van der Waals surface area contributed by atoms with Gasteiger partial charge in [-0.2, -0.15) is 11.8 Å². The maximum absolute atomic E-state index is 12.5. The Bertz CT molecular complexity index is 1070. The highest BCUT2D eigenvalue weighted by molar-refractivity contribution is 7.98. The van der Waals surface area contributed by atoms with Crippen LogP contribution in [0.1, 0.15) is 16.8 Å². The highest BCUT2D eigenvalue weighted by Crippen LogP contribution is 2.30. The molecule has 2 N–H and O–H groups in total. The smallest absolute Gasteiger partial charge is 0.329 e. The molecule has 1 aliphatic rings. The Morgan fingerprint density at radius 1 is 1.12 bits per heavy atom. The van der Waals surface area contributed by atoms with Crippen LogP contribution in [0.25, 0.3) is 0 Å². The lowest BCUT2D eigenvalue weighted by molar-refractivity contribution is -0.152. The van der Waals surface area contributed by atoms with Crippen molar-refractivity contribution in [3.63, 3.8) is 0 Å². The lowest BCUT2D eigenvalue weighted by Gasteiger charge is -2.25. The molecule has 9 nitrogen and oxygen atoms in total. The summed E-state index contributed by atoms with van der Waals surface area (Å²) in [6.07, 6.45) is 1.11. The first-order chi connectivity index (χ1) is 16.4. The number of thioether (sulfide) groups is 1. The van der Waals surface area contributed by atoms with E-state index in [1.807, 2.05) is 6.26 Å². The molecule has 180 valence electrons. The maximum atomic E-state index is 12.5. The normalized spacial score (nSPS) is 15.1. The number of carbonyl (C=O) groups is 4. The van der Waals surface area contributed by atoms with Crippen molar-refractivity contribution >= 4 is 47.1 Å². The number of hydrogen-bond donors (Lipinski definition) is 2. The van der Waals surface area contributed by atoms with Gasteiger partial charge in [0.05, 0.1) is 10.6 Å². The van der Waals surface area contributed by atoms with Gasteiger partial charge in [-0.05, 0) is 42.7 Å². The van der Waals surface area contributed by atoms with E-state index in [4.69, 9.17) is 25.8 Å². The first-order valence-corrected chi connectivity index (χ1v) is 12.1. The molecule has 11 heteroatoms. The number of nitrogens with one attached hydrogen (secondary N) is 2. The molecule has 2 atom stereocenters. The number of imide groups is 1. The van der Waals surface area contributed by atoms with Gasteiger partial charge in [0.1, 0.15) is 12.6 Å². The van der Waals surface area contributed by atoms with Gasteiger partial charge in [0, 0.05) is 0 Å². The molecule has 0 fully saturated rings. The number of rotatable bonds is 9. The van der Waals surface area contributed by atoms with E-state index in [2.05, 4.69) is 10.6 Å². The standard InChI is InChI=1S/C23H23ClN2O7S/c1-34-11-10-16(25-21(28)14-6-2-3-7-15(14)24)23(30)32-13-20(27)26-22(29)19-12-31-17-8-4-5-9-18(17)33-19/h2-9,16,19H,10-13H2,1H3,(H,25,28)(H,26,27,29)/t16-,19+/m0/s1. The van der Waals surface area contributed by atoms with Gasteiger partial charge in [0.2, 0.25) is 6.10 Å². The molecule has 3 rings (SSSR count). The van der Waals surface area contributed by atoms with Gasteiger partial charge >= 0.3 is 5.97 Å². The van der Waals surface area contributed by atoms with E-state index in [1.165, 1.54) is 17.8 Å². The fourth-order valence-corrected chi connectivity index (χ4v) is 3.70. The minimum Gasteiger partial charge on any atom is -0.485 e. The summed E-state index contributed by atoms with van der Waals surface area (Å²) in [6.45, 7) is -0.771. The summed E-state index contributed by atoms with van der Waals surface area (Å²) in [4.78, 5) is 49.6. The molecule has 0 unspecified atom stereocenters. The molecule has 34 heavy (non-hydrogen) atoms. The fraction of sp³-hybridized carbons (Fsp3) is 0.304. The molecular formula is C23H23ClN2O7S. The number of amides is 3. The van der Waals surface area contributed by atoms with E-state index in [9.17, 15) is 19.2 Å². The van der Waals surface area contributed by atoms with E-state index < -0.39 is 42.4 Å². The zero-order chi connectivity index (χ0) is 24.5. The van der Waals surface area contributed by atoms with Crippen molar-refractivity contribution in [3.8, 4) is 11.5 Å². The van der Waals surface area contributed by atoms with Crippen LogP contribution in [0.2, 0.25) is 5.02 Å². The lowest BCUT2D eigenvalue weighted by atomic mass is 10.1. The van der Waals surface area contributed by atoms with Crippen LogP contribution in [0.3, 0.4) is 0 Å². The molecule has 0 spiro atoms. The number of hydrogen-bond acceptors (Lipinski definition) is 8. The Morgan fingerprint density at radius 2 is 1.82 bits per heavy atom. The summed E-state index contributed by atoms with van der Waals surface area (Å²) >= 11 is 7.53. The Hall–Kier alpha value is -3.24. The summed E-state index contributed by atoms with van der Waals surface area (Å²) in [5.41, 5.74) is 0.214. The van der Waals surface area contributed by atoms with Crippen LogP contribution in [-0.4, -0.2) is 61.1 Å². The fourth-order valence-electron chi connectivity index (χ4n) is 3.01. The van der Waals surface area contributed by atoms with Gasteiger partial charge in [-0.3, -0.25) is 19.7 Å². The highest BCUT2D eigenvalue weighted by Gasteiger charge is 2.29. The summed E-state index contributed by atoms with van der Waals surface area (Å²) in [7, 11) is 0. The van der Waals surface area contributed by atoms with Crippen molar-refractivity contribution in [2.24, 2.45) is 0 Å². The Morgan fingerprint density at radius 3 is 2.56 bits per heavy atom. The predicted octanol–water partition coefficient (Wildman–Crippen LogP) is 2.22. The van der Waals surface area contributed by atoms with Gasteiger partial charge in [0.25, 0.3) is 17.7 Å². The number of halogens is 1. The number of benzene rings is 2. The summed E-state index contributed by atoms with van der Waals surface area (Å²) < 4.78 is 16.0. The molecule has 3 amide bonds. The van der Waals surface area contributed by atoms with E-state index in [0.717, 1.165) is 0 Å². The third kappa shape index (κ3) is 6.88. The average Bonchev–Trinajstić information content (AvgIpc) is 2.84. The quantitative estimate of drug-likeness (QED) is 0.497. The molecule has 1 aliphatic heterocycles. The predicted molar refractivity (Wildman–Crippen MR) is 126 cm³/mol. The molecule has 0 radical (unpaired) electrons. The first-order valence-electron chi connectivity index (χ1n) is 10.3. The van der Waals surface area contributed by atoms with Crippen LogP contribution in [0.5, 0.6) is 11.5 Å². The zero-order valence-corrected chi connectivity index (χ0v) is 19.8. The van der Waals surface area contributed by atoms with Gasteiger partial charge < -0.3 is 19.5 Å². The van der Waals surface area contributed by atoms with E-state index in [0.29, 0.717) is 17.3 Å². The molecular weight excluding hydrogens is 484 g/mol. The molecule has 0 aromatic heterocycles. The topological polar surface area (TPSA) is 120 Å². The number of fused-ring (bicyclic) bond motifs is 1. The Balaban J connectivity index is 1.51. The van der Waals surface area contributed by atoms with Gasteiger partial charge in [-0.25, -0.2) is 4.79 Å². The van der Waals surface area contributed by atoms with Crippen molar-refractivity contribution in [1.82, 2.24) is 10.6 Å². The molecule has 2 aromatic carbocycles. The van der Waals surface area contributed by atoms with Gasteiger partial charge in [0.15, 0.2) is 18.1 Å². The number of carbonyl (C=O) groups excluding carboxylic acids is 4. The number of ether oxygens (including phenoxy) is 3. The van der Waals surface area contributed by atoms with Crippen LogP contribution >= 0.6 is 23.4 Å². The lowest BCUT2D eigenvalue weighted by Crippen LogP contribution is -2.48. The minimum absolute atomic E-state index is 0.0687. The Labute approximate surface area is 205 Å². The van der Waals surface area contributed by atoms with Crippen molar-refractivity contribution in [2.75, 3.05) is 25.2 Å². The summed E-state index contributed by atoms with van der Waals surface area (Å²) in [5.74, 6) is -1.44. The SMILES string of the molecule is CSCC[C@H](NC(=O)c1ccccc1Cl)C(=O)OCC(=O)NC(=O)[C@H]1COc2ccccc2O1. The van der Waals surface area contributed by atoms with Crippen LogP contribution in [0.4, 0.5) is 0 Å². The second kappa shape index (κ2) is 12.3. The molecule has 0 aliphatic carbocycles. The van der Waals surface area contributed by atoms with Crippen molar-refractivity contribution in [3.05, 3.63) is 59.1 Å². The van der Waals surface area contributed by atoms with Crippen LogP contribution in [0.15, 0.2) is 48.5 Å². The van der Waals surface area contributed by atoms with Crippen molar-refractivity contribution in [2.45, 2.75) is 18.6 Å². The average molecular weight is 507 g/mol. The third-order valence-corrected chi connectivity index (χ3v) is 5.70. The third-order valence-electron chi connectivity index (χ3n) is 4.73. The largest absolute Gasteiger partial charge is 0.485 e. The maximum Gasteiger partial charge on any atom is 0.329 e. The minimum atomic E-state index is -1.03. The van der Waals surface area contributed by atoms with Gasteiger partial charge in [-0.1, -0.05) is 35.9 Å². The van der Waals surface area contributed by atoms with E-state index in [1.54, 1.807) is 42.5 Å². The Kier molecular flexibility index (Phi) is 9.17. The number of esters is 1. The second-order valence-electron chi connectivity index (χ2n) is 7.17. The monoisotopic (exact) mass is 506 g/mol. The molecule has 0 saturated heterocycles. The van der Waals surface area contributed by atoms with Gasteiger partial charge in [-0.15, -0.1) is 0 Å². The van der Waals surface area contributed by atoms with Crippen LogP contribution in [-0.2, 0) is 19.1 Å². The summed E-state index contributed by atoms with van der Waals surface area (Å²) in [6, 6.07) is 12.3. The van der Waals surface area contributed by atoms with E-state index >= 15 is 0 Å². The highest BCUT2D eigenvalue weighted by atomic mass is 35.5. The zero-order valence-electron chi connectivity index (χ0n) is 18.2.